The van der Waals surface area contributed by atoms with E-state index in [2.05, 4.69) is 27.3 Å². The van der Waals surface area contributed by atoms with Gasteiger partial charge in [-0.05, 0) is 30.1 Å². The molecule has 2 heterocycles. The zero-order valence-corrected chi connectivity index (χ0v) is 16.4. The average molecular weight is 369 g/mol. The van der Waals surface area contributed by atoms with Crippen LogP contribution in [-0.4, -0.2) is 43.4 Å². The summed E-state index contributed by atoms with van der Waals surface area (Å²) in [6, 6.07) is -0.336. The third kappa shape index (κ3) is 3.04. The quantitative estimate of drug-likeness (QED) is 0.862. The van der Waals surface area contributed by atoms with Crippen molar-refractivity contribution in [2.24, 2.45) is 10.8 Å². The Hall–Kier alpha value is -2.28. The molecular weight excluding hydrogens is 342 g/mol. The molecule has 7 nitrogen and oxygen atoms in total. The highest BCUT2D eigenvalue weighted by molar-refractivity contribution is 5.94. The van der Waals surface area contributed by atoms with Crippen molar-refractivity contribution in [1.82, 2.24) is 25.1 Å². The van der Waals surface area contributed by atoms with Gasteiger partial charge in [-0.15, -0.1) is 0 Å². The van der Waals surface area contributed by atoms with Gasteiger partial charge < -0.3 is 10.4 Å². The van der Waals surface area contributed by atoms with E-state index in [0.717, 1.165) is 30.5 Å². The number of hydrogen-bond acceptors (Lipinski definition) is 5. The van der Waals surface area contributed by atoms with E-state index in [1.807, 2.05) is 20.8 Å². The predicted octanol–water partition coefficient (Wildman–Crippen LogP) is 2.24. The molecule has 1 amide bonds. The number of carbonyl (C=O) groups is 1. The zero-order valence-electron chi connectivity index (χ0n) is 16.4. The van der Waals surface area contributed by atoms with Crippen LogP contribution >= 0.6 is 0 Å². The molecule has 0 saturated heterocycles. The van der Waals surface area contributed by atoms with Gasteiger partial charge in [0.05, 0.1) is 24.5 Å². The van der Waals surface area contributed by atoms with Gasteiger partial charge in [-0.25, -0.2) is 9.67 Å². The largest absolute Gasteiger partial charge is 0.394 e. The predicted molar refractivity (Wildman–Crippen MR) is 101 cm³/mol. The van der Waals surface area contributed by atoms with Crippen LogP contribution in [0, 0.1) is 10.8 Å². The van der Waals surface area contributed by atoms with E-state index in [-0.39, 0.29) is 24.0 Å². The van der Waals surface area contributed by atoms with E-state index in [1.165, 1.54) is 0 Å². The van der Waals surface area contributed by atoms with Gasteiger partial charge in [0.25, 0.3) is 5.91 Å². The molecule has 2 N–H and O–H groups in total. The number of nitrogens with zero attached hydrogens (tertiary/aromatic N) is 4. The smallest absolute Gasteiger partial charge is 0.272 e. The van der Waals surface area contributed by atoms with Gasteiger partial charge in [0.1, 0.15) is 0 Å². The summed E-state index contributed by atoms with van der Waals surface area (Å²) in [5.41, 5.74) is 2.63. The summed E-state index contributed by atoms with van der Waals surface area (Å²) >= 11 is 0. The maximum absolute atomic E-state index is 13.0. The monoisotopic (exact) mass is 369 g/mol. The van der Waals surface area contributed by atoms with E-state index in [9.17, 15) is 9.90 Å². The number of carbonyl (C=O) groups excluding carboxylic acids is 1. The van der Waals surface area contributed by atoms with Crippen molar-refractivity contribution in [3.63, 3.8) is 0 Å². The second-order valence-corrected chi connectivity index (χ2v) is 9.17. The number of aliphatic hydroxyl groups excluding tert-OH is 1. The third-order valence-electron chi connectivity index (χ3n) is 6.17. The van der Waals surface area contributed by atoms with Crippen molar-refractivity contribution in [2.75, 3.05) is 6.61 Å². The lowest BCUT2D eigenvalue weighted by Crippen LogP contribution is -2.46. The van der Waals surface area contributed by atoms with Gasteiger partial charge in [0.2, 0.25) is 0 Å². The normalized spacial score (nSPS) is 24.7. The van der Waals surface area contributed by atoms with Crippen molar-refractivity contribution in [1.29, 1.82) is 0 Å². The summed E-state index contributed by atoms with van der Waals surface area (Å²) in [6.45, 7) is 8.19. The fraction of sp³-hybridized carbons (Fsp3) is 0.600. The highest BCUT2D eigenvalue weighted by Crippen LogP contribution is 2.65. The highest BCUT2D eigenvalue weighted by atomic mass is 16.3. The summed E-state index contributed by atoms with van der Waals surface area (Å²) in [5.74, 6) is 0.819. The molecule has 144 valence electrons. The molecule has 3 atom stereocenters. The van der Waals surface area contributed by atoms with E-state index < -0.39 is 0 Å². The fourth-order valence-electron chi connectivity index (χ4n) is 4.11. The van der Waals surface area contributed by atoms with Gasteiger partial charge in [-0.1, -0.05) is 27.7 Å². The first-order chi connectivity index (χ1) is 12.7. The van der Waals surface area contributed by atoms with Gasteiger partial charge in [0, 0.05) is 23.9 Å². The van der Waals surface area contributed by atoms with Crippen LogP contribution in [0.25, 0.3) is 5.82 Å². The number of aromatic nitrogens is 4. The Morgan fingerprint density at radius 3 is 2.85 bits per heavy atom. The molecule has 0 spiro atoms. The molecule has 0 unspecified atom stereocenters. The molecule has 1 fully saturated rings. The maximum atomic E-state index is 13.0. The van der Waals surface area contributed by atoms with E-state index >= 15 is 0 Å². The Kier molecular flexibility index (Phi) is 4.10. The lowest BCUT2D eigenvalue weighted by Gasteiger charge is -2.29. The van der Waals surface area contributed by atoms with Crippen LogP contribution in [0.1, 0.15) is 68.2 Å². The molecule has 2 aromatic rings. The van der Waals surface area contributed by atoms with Crippen molar-refractivity contribution in [2.45, 2.75) is 58.9 Å². The van der Waals surface area contributed by atoms with Gasteiger partial charge in [-0.3, -0.25) is 9.78 Å². The van der Waals surface area contributed by atoms with Crippen molar-refractivity contribution < 1.29 is 9.90 Å². The minimum atomic E-state index is -0.336. The van der Waals surface area contributed by atoms with Gasteiger partial charge in [-0.2, -0.15) is 5.10 Å². The number of hydrogen-bond donors (Lipinski definition) is 2. The zero-order chi connectivity index (χ0) is 19.4. The lowest BCUT2D eigenvalue weighted by molar-refractivity contribution is 0.0841. The van der Waals surface area contributed by atoms with Crippen molar-refractivity contribution in [3.8, 4) is 5.82 Å². The molecule has 27 heavy (non-hydrogen) atoms. The van der Waals surface area contributed by atoms with Crippen LogP contribution in [0.5, 0.6) is 0 Å². The van der Waals surface area contributed by atoms with Gasteiger partial charge >= 0.3 is 0 Å². The molecule has 4 rings (SSSR count). The van der Waals surface area contributed by atoms with Crippen LogP contribution < -0.4 is 5.32 Å². The highest BCUT2D eigenvalue weighted by Gasteiger charge is 2.56. The molecule has 2 aliphatic rings. The standard InChI is InChI=1S/C20H27N5O2/c1-19(2,3)14(11-26)23-18(27)16-12-5-6-20(4)9-13(20)17(12)25(24-16)15-10-21-7-8-22-15/h7-8,10,13-14,26H,5-6,9,11H2,1-4H3,(H,23,27)/t13-,14+,20-/m0/s1. The number of aliphatic hydroxyl groups is 1. The summed E-state index contributed by atoms with van der Waals surface area (Å²) in [7, 11) is 0. The molecule has 0 aromatic carbocycles. The molecule has 7 heteroatoms. The molecular formula is C20H27N5O2. The molecule has 0 aliphatic heterocycles. The molecule has 2 aromatic heterocycles. The van der Waals surface area contributed by atoms with Gasteiger partial charge in [0.15, 0.2) is 11.5 Å². The molecule has 0 bridgehead atoms. The minimum Gasteiger partial charge on any atom is -0.394 e. The molecule has 2 aliphatic carbocycles. The number of fused-ring (bicyclic) bond motifs is 3. The number of rotatable bonds is 4. The van der Waals surface area contributed by atoms with Crippen LogP contribution in [0.3, 0.4) is 0 Å². The first-order valence-corrected chi connectivity index (χ1v) is 9.54. The van der Waals surface area contributed by atoms with Crippen LogP contribution in [0.4, 0.5) is 0 Å². The second kappa shape index (κ2) is 6.12. The first kappa shape index (κ1) is 18.1. The first-order valence-electron chi connectivity index (χ1n) is 9.54. The Morgan fingerprint density at radius 1 is 1.44 bits per heavy atom. The minimum absolute atomic E-state index is 0.108. The fourth-order valence-corrected chi connectivity index (χ4v) is 4.11. The van der Waals surface area contributed by atoms with Crippen molar-refractivity contribution in [3.05, 3.63) is 35.5 Å². The molecule has 0 radical (unpaired) electrons. The summed E-state index contributed by atoms with van der Waals surface area (Å²) < 4.78 is 1.80. The Morgan fingerprint density at radius 2 is 2.22 bits per heavy atom. The SMILES string of the molecule is CC(C)(C)[C@@H](CO)NC(=O)c1nn(-c2cnccn2)c2c1CC[C@@]1(C)C[C@@H]21. The van der Waals surface area contributed by atoms with E-state index in [0.29, 0.717) is 22.8 Å². The third-order valence-corrected chi connectivity index (χ3v) is 6.17. The lowest BCUT2D eigenvalue weighted by atomic mass is 9.86. The van der Waals surface area contributed by atoms with E-state index in [4.69, 9.17) is 0 Å². The number of nitrogens with one attached hydrogen (secondary N) is 1. The second-order valence-electron chi connectivity index (χ2n) is 9.17. The van der Waals surface area contributed by atoms with Crippen molar-refractivity contribution >= 4 is 5.91 Å². The Labute approximate surface area is 159 Å². The topological polar surface area (TPSA) is 92.9 Å². The number of amides is 1. The van der Waals surface area contributed by atoms with Crippen LogP contribution in [0.15, 0.2) is 18.6 Å². The summed E-state index contributed by atoms with van der Waals surface area (Å²) in [4.78, 5) is 21.6. The Bertz CT molecular complexity index is 870. The summed E-state index contributed by atoms with van der Waals surface area (Å²) in [6.07, 6.45) is 7.97. The molecule has 1 saturated carbocycles. The van der Waals surface area contributed by atoms with Crippen LogP contribution in [-0.2, 0) is 6.42 Å². The Balaban J connectivity index is 1.74. The van der Waals surface area contributed by atoms with E-state index in [1.54, 1.807) is 23.3 Å². The summed E-state index contributed by atoms with van der Waals surface area (Å²) in [5, 5.41) is 17.3. The van der Waals surface area contributed by atoms with Crippen LogP contribution in [0.2, 0.25) is 0 Å². The maximum Gasteiger partial charge on any atom is 0.272 e. The average Bonchev–Trinajstić information content (AvgIpc) is 3.17.